The Morgan fingerprint density at radius 1 is 0.762 bits per heavy atom. The first kappa shape index (κ1) is 17.0. The summed E-state index contributed by atoms with van der Waals surface area (Å²) in [6.45, 7) is 0. The molecule has 1 aromatic rings. The van der Waals surface area contributed by atoms with Gasteiger partial charge in [0, 0.05) is 12.1 Å². The van der Waals surface area contributed by atoms with E-state index in [1.165, 1.54) is 0 Å². The molecule has 0 aliphatic heterocycles. The van der Waals surface area contributed by atoms with Gasteiger partial charge in [-0.15, -0.1) is 0 Å². The SMILES string of the molecule is O=[N+]([O-])c1cc(C(F)(F)F)c(C(F)(F)F)c(C(F)(F)F)c1. The van der Waals surface area contributed by atoms with Gasteiger partial charge in [0.05, 0.1) is 21.6 Å². The van der Waals surface area contributed by atoms with Gasteiger partial charge < -0.3 is 0 Å². The van der Waals surface area contributed by atoms with Gasteiger partial charge in [0.15, 0.2) is 0 Å². The lowest BCUT2D eigenvalue weighted by Gasteiger charge is -2.20. The topological polar surface area (TPSA) is 43.1 Å². The first-order valence-corrected chi connectivity index (χ1v) is 4.69. The summed E-state index contributed by atoms with van der Waals surface area (Å²) in [6.07, 6.45) is -17.7. The van der Waals surface area contributed by atoms with Crippen molar-refractivity contribution in [1.82, 2.24) is 0 Å². The lowest BCUT2D eigenvalue weighted by Crippen LogP contribution is -2.23. The molecule has 0 aromatic heterocycles. The summed E-state index contributed by atoms with van der Waals surface area (Å²) in [5.74, 6) is 0. The van der Waals surface area contributed by atoms with Crippen LogP contribution < -0.4 is 0 Å². The molecule has 0 spiro atoms. The van der Waals surface area contributed by atoms with Crippen LogP contribution in [0.25, 0.3) is 0 Å². The largest absolute Gasteiger partial charge is 0.417 e. The number of rotatable bonds is 1. The predicted octanol–water partition coefficient (Wildman–Crippen LogP) is 4.65. The van der Waals surface area contributed by atoms with Crippen LogP contribution in [-0.2, 0) is 18.5 Å². The van der Waals surface area contributed by atoms with Gasteiger partial charge in [-0.05, 0) is 0 Å². The van der Waals surface area contributed by atoms with Crippen molar-refractivity contribution in [3.05, 3.63) is 38.9 Å². The summed E-state index contributed by atoms with van der Waals surface area (Å²) in [5, 5.41) is 10.3. The van der Waals surface area contributed by atoms with Crippen LogP contribution in [0.5, 0.6) is 0 Å². The Morgan fingerprint density at radius 2 is 1.10 bits per heavy atom. The highest BCUT2D eigenvalue weighted by atomic mass is 19.4. The standard InChI is InChI=1S/C9H2F9NO2/c10-7(11,12)4-1-3(19(20)21)2-5(8(13,14)15)6(4)9(16,17)18/h1-2H. The van der Waals surface area contributed by atoms with E-state index in [4.69, 9.17) is 0 Å². The highest BCUT2D eigenvalue weighted by Gasteiger charge is 2.51. The molecular weight excluding hydrogens is 325 g/mol. The molecule has 0 aliphatic carbocycles. The van der Waals surface area contributed by atoms with Crippen LogP contribution in [-0.4, -0.2) is 4.92 Å². The van der Waals surface area contributed by atoms with E-state index in [2.05, 4.69) is 0 Å². The van der Waals surface area contributed by atoms with Crippen LogP contribution in [0.1, 0.15) is 16.7 Å². The maximum atomic E-state index is 12.5. The van der Waals surface area contributed by atoms with Gasteiger partial charge in [-0.2, -0.15) is 39.5 Å². The molecule has 0 amide bonds. The Hall–Kier alpha value is -2.01. The lowest BCUT2D eigenvalue weighted by atomic mass is 9.98. The quantitative estimate of drug-likeness (QED) is 0.428. The molecule has 1 rings (SSSR count). The van der Waals surface area contributed by atoms with E-state index in [9.17, 15) is 49.6 Å². The average Bonchev–Trinajstić information content (AvgIpc) is 2.23. The predicted molar refractivity (Wildman–Crippen MR) is 48.1 cm³/mol. The third-order valence-electron chi connectivity index (χ3n) is 2.23. The molecule has 12 heteroatoms. The van der Waals surface area contributed by atoms with E-state index in [1.807, 2.05) is 0 Å². The number of nitrogens with zero attached hydrogens (tertiary/aromatic N) is 1. The van der Waals surface area contributed by atoms with Crippen molar-refractivity contribution in [2.24, 2.45) is 0 Å². The summed E-state index contributed by atoms with van der Waals surface area (Å²) in [4.78, 5) is 8.66. The molecule has 1 aromatic carbocycles. The normalized spacial score (nSPS) is 13.4. The summed E-state index contributed by atoms with van der Waals surface area (Å²) in [6, 6.07) is -1.17. The van der Waals surface area contributed by atoms with Crippen LogP contribution in [0.4, 0.5) is 45.2 Å². The van der Waals surface area contributed by atoms with Crippen molar-refractivity contribution in [2.75, 3.05) is 0 Å². The number of nitro benzene ring substituents is 1. The van der Waals surface area contributed by atoms with Gasteiger partial charge in [0.1, 0.15) is 0 Å². The molecular formula is C9H2F9NO2. The van der Waals surface area contributed by atoms with Gasteiger partial charge in [0.25, 0.3) is 5.69 Å². The highest BCUT2D eigenvalue weighted by Crippen LogP contribution is 2.48. The van der Waals surface area contributed by atoms with Gasteiger partial charge in [-0.1, -0.05) is 0 Å². The Morgan fingerprint density at radius 3 is 1.29 bits per heavy atom. The number of alkyl halides is 9. The van der Waals surface area contributed by atoms with Crippen LogP contribution in [0.3, 0.4) is 0 Å². The second-order valence-electron chi connectivity index (χ2n) is 3.67. The minimum Gasteiger partial charge on any atom is -0.258 e. The molecule has 0 bridgehead atoms. The Labute approximate surface area is 109 Å². The van der Waals surface area contributed by atoms with Crippen molar-refractivity contribution in [3.8, 4) is 0 Å². The molecule has 0 atom stereocenters. The minimum absolute atomic E-state index is 0.585. The van der Waals surface area contributed by atoms with E-state index >= 15 is 0 Å². The van der Waals surface area contributed by atoms with Crippen LogP contribution in [0, 0.1) is 10.1 Å². The maximum absolute atomic E-state index is 12.5. The minimum atomic E-state index is -6.00. The molecule has 3 nitrogen and oxygen atoms in total. The summed E-state index contributed by atoms with van der Waals surface area (Å²) in [5.41, 5.74) is -10.3. The molecule has 118 valence electrons. The van der Waals surface area contributed by atoms with Gasteiger partial charge in [-0.25, -0.2) is 0 Å². The maximum Gasteiger partial charge on any atom is 0.417 e. The molecule has 0 saturated carbocycles. The zero-order valence-electron chi connectivity index (χ0n) is 9.32. The summed E-state index contributed by atoms with van der Waals surface area (Å²) < 4.78 is 113. The molecule has 0 heterocycles. The molecule has 0 unspecified atom stereocenters. The number of nitro groups is 1. The van der Waals surface area contributed by atoms with Crippen molar-refractivity contribution in [2.45, 2.75) is 18.5 Å². The van der Waals surface area contributed by atoms with Crippen molar-refractivity contribution in [3.63, 3.8) is 0 Å². The molecule has 21 heavy (non-hydrogen) atoms. The van der Waals surface area contributed by atoms with Gasteiger partial charge in [-0.3, -0.25) is 10.1 Å². The molecule has 0 radical (unpaired) electrons. The fraction of sp³-hybridized carbons (Fsp3) is 0.333. The zero-order valence-corrected chi connectivity index (χ0v) is 9.32. The fourth-order valence-corrected chi connectivity index (χ4v) is 1.48. The third kappa shape index (κ3) is 3.55. The van der Waals surface area contributed by atoms with Crippen molar-refractivity contribution < 1.29 is 44.4 Å². The summed E-state index contributed by atoms with van der Waals surface area (Å²) in [7, 11) is 0. The Balaban J connectivity index is 3.93. The number of hydrogen-bond donors (Lipinski definition) is 0. The Kier molecular flexibility index (Phi) is 3.87. The Bertz CT molecular complexity index is 535. The first-order valence-electron chi connectivity index (χ1n) is 4.69. The molecule has 0 aliphatic rings. The van der Waals surface area contributed by atoms with Crippen LogP contribution in [0.2, 0.25) is 0 Å². The molecule has 0 fully saturated rings. The number of halogens is 9. The first-order chi connectivity index (χ1) is 9.15. The second-order valence-corrected chi connectivity index (χ2v) is 3.67. The fourth-order valence-electron chi connectivity index (χ4n) is 1.48. The summed E-state index contributed by atoms with van der Waals surface area (Å²) >= 11 is 0. The van der Waals surface area contributed by atoms with E-state index < -0.39 is 58.0 Å². The molecule has 0 saturated heterocycles. The lowest BCUT2D eigenvalue weighted by molar-refractivity contribution is -0.385. The van der Waals surface area contributed by atoms with E-state index in [-0.39, 0.29) is 0 Å². The van der Waals surface area contributed by atoms with Crippen molar-refractivity contribution >= 4 is 5.69 Å². The van der Waals surface area contributed by atoms with Crippen molar-refractivity contribution in [1.29, 1.82) is 0 Å². The van der Waals surface area contributed by atoms with E-state index in [1.54, 1.807) is 0 Å². The number of benzene rings is 1. The number of non-ortho nitro benzene ring substituents is 1. The smallest absolute Gasteiger partial charge is 0.258 e. The van der Waals surface area contributed by atoms with Crippen LogP contribution in [0.15, 0.2) is 12.1 Å². The monoisotopic (exact) mass is 327 g/mol. The van der Waals surface area contributed by atoms with E-state index in [0.29, 0.717) is 0 Å². The van der Waals surface area contributed by atoms with Gasteiger partial charge >= 0.3 is 18.5 Å². The molecule has 0 N–H and O–H groups in total. The number of hydrogen-bond acceptors (Lipinski definition) is 2. The average molecular weight is 327 g/mol. The second kappa shape index (κ2) is 4.77. The van der Waals surface area contributed by atoms with E-state index in [0.717, 1.165) is 0 Å². The zero-order chi connectivity index (χ0) is 16.8. The van der Waals surface area contributed by atoms with Gasteiger partial charge in [0.2, 0.25) is 0 Å². The van der Waals surface area contributed by atoms with Crippen LogP contribution >= 0.6 is 0 Å². The highest BCUT2D eigenvalue weighted by molar-refractivity contribution is 5.49. The third-order valence-corrected chi connectivity index (χ3v) is 2.23.